The predicted octanol–water partition coefficient (Wildman–Crippen LogP) is 5.20. The number of hydrogen-bond donors (Lipinski definition) is 1. The van der Waals surface area contributed by atoms with Gasteiger partial charge in [0.1, 0.15) is 5.75 Å². The van der Waals surface area contributed by atoms with Gasteiger partial charge in [-0.3, -0.25) is 0 Å². The van der Waals surface area contributed by atoms with Crippen molar-refractivity contribution in [3.05, 3.63) is 47.4 Å². The van der Waals surface area contributed by atoms with E-state index in [9.17, 15) is 0 Å². The molecule has 1 saturated carbocycles. The van der Waals surface area contributed by atoms with Crippen LogP contribution in [0.4, 0.5) is 0 Å². The van der Waals surface area contributed by atoms with Crippen molar-refractivity contribution in [2.24, 2.45) is 0 Å². The summed E-state index contributed by atoms with van der Waals surface area (Å²) in [6.07, 6.45) is 12.1. The third kappa shape index (κ3) is 3.86. The number of ether oxygens (including phenoxy) is 1. The maximum atomic E-state index is 5.36. The highest BCUT2D eigenvalue weighted by molar-refractivity contribution is 7.15. The van der Waals surface area contributed by atoms with Gasteiger partial charge < -0.3 is 10.1 Å². The maximum absolute atomic E-state index is 5.36. The average molecular weight is 420 g/mol. The highest BCUT2D eigenvalue weighted by Gasteiger charge is 2.27. The largest absolute Gasteiger partial charge is 0.497 e. The molecule has 0 bridgehead atoms. The molecule has 1 aliphatic carbocycles. The SMILES string of the molecule is COc1ccc(-c2nc(C3CCNCC3)sc2-c2n[c]ncc2C2CCCC2)cc1. The standard InChI is InChI=1S/C24H27N4OS/c1-29-19-8-6-17(7-9-19)21-23(30-24(28-21)18-10-12-25-13-11-18)22-20(14-26-15-27-22)16-4-2-3-5-16/h6-9,14,16,18,25H,2-5,10-13H2,1H3. The zero-order chi connectivity index (χ0) is 20.3. The second-order valence-corrected chi connectivity index (χ2v) is 9.27. The van der Waals surface area contributed by atoms with Crippen LogP contribution in [-0.2, 0) is 0 Å². The molecule has 3 heterocycles. The van der Waals surface area contributed by atoms with Gasteiger partial charge in [-0.1, -0.05) is 12.8 Å². The van der Waals surface area contributed by atoms with Gasteiger partial charge in [0.15, 0.2) is 6.33 Å². The molecule has 2 aromatic heterocycles. The fraction of sp³-hybridized carbons (Fsp3) is 0.458. The van der Waals surface area contributed by atoms with E-state index < -0.39 is 0 Å². The summed E-state index contributed by atoms with van der Waals surface area (Å²) in [5.41, 5.74) is 4.43. The van der Waals surface area contributed by atoms with E-state index in [0.29, 0.717) is 11.8 Å². The van der Waals surface area contributed by atoms with Gasteiger partial charge >= 0.3 is 0 Å². The molecule has 0 atom stereocenters. The molecule has 3 aromatic rings. The number of nitrogens with one attached hydrogen (secondary N) is 1. The molecule has 0 amide bonds. The molecule has 1 radical (unpaired) electrons. The van der Waals surface area contributed by atoms with Gasteiger partial charge in [0, 0.05) is 23.2 Å². The van der Waals surface area contributed by atoms with Crippen molar-refractivity contribution in [2.75, 3.05) is 20.2 Å². The first-order valence-electron chi connectivity index (χ1n) is 10.9. The Hall–Kier alpha value is -2.31. The van der Waals surface area contributed by atoms with Crippen LogP contribution in [0, 0.1) is 6.33 Å². The summed E-state index contributed by atoms with van der Waals surface area (Å²) in [5.74, 6) is 1.92. The molecule has 5 rings (SSSR count). The zero-order valence-corrected chi connectivity index (χ0v) is 18.2. The van der Waals surface area contributed by atoms with E-state index in [0.717, 1.165) is 53.5 Å². The van der Waals surface area contributed by atoms with E-state index >= 15 is 0 Å². The number of aromatic nitrogens is 3. The monoisotopic (exact) mass is 419 g/mol. The van der Waals surface area contributed by atoms with Crippen molar-refractivity contribution in [1.82, 2.24) is 20.3 Å². The summed E-state index contributed by atoms with van der Waals surface area (Å²) >= 11 is 1.82. The number of benzene rings is 1. The second-order valence-electron chi connectivity index (χ2n) is 8.24. The van der Waals surface area contributed by atoms with Crippen LogP contribution < -0.4 is 10.1 Å². The Balaban J connectivity index is 1.62. The fourth-order valence-electron chi connectivity index (χ4n) is 4.71. The number of nitrogens with zero attached hydrogens (tertiary/aromatic N) is 3. The van der Waals surface area contributed by atoms with Crippen LogP contribution >= 0.6 is 11.3 Å². The summed E-state index contributed by atoms with van der Waals surface area (Å²) < 4.78 is 5.36. The van der Waals surface area contributed by atoms with Gasteiger partial charge in [0.2, 0.25) is 0 Å². The minimum Gasteiger partial charge on any atom is -0.497 e. The summed E-state index contributed by atoms with van der Waals surface area (Å²) in [6.45, 7) is 2.12. The van der Waals surface area contributed by atoms with Gasteiger partial charge in [-0.15, -0.1) is 11.3 Å². The summed E-state index contributed by atoms with van der Waals surface area (Å²) in [6, 6.07) is 8.22. The molecule has 30 heavy (non-hydrogen) atoms. The normalized spacial score (nSPS) is 18.0. The van der Waals surface area contributed by atoms with Crippen molar-refractivity contribution in [3.8, 4) is 27.6 Å². The minimum atomic E-state index is 0.516. The topological polar surface area (TPSA) is 59.9 Å². The molecular weight excluding hydrogens is 392 g/mol. The quantitative estimate of drug-likeness (QED) is 0.616. The molecule has 0 spiro atoms. The first kappa shape index (κ1) is 19.6. The Morgan fingerprint density at radius 1 is 1.00 bits per heavy atom. The van der Waals surface area contributed by atoms with E-state index in [1.54, 1.807) is 7.11 Å². The third-order valence-electron chi connectivity index (χ3n) is 6.40. The summed E-state index contributed by atoms with van der Waals surface area (Å²) in [4.78, 5) is 15.3. The molecule has 155 valence electrons. The Bertz CT molecular complexity index is 989. The second kappa shape index (κ2) is 8.82. The third-order valence-corrected chi connectivity index (χ3v) is 7.63. The number of piperidine rings is 1. The number of hydrogen-bond acceptors (Lipinski definition) is 6. The Labute approximate surface area is 182 Å². The number of methoxy groups -OCH3 is 1. The van der Waals surface area contributed by atoms with Crippen LogP contribution in [0.5, 0.6) is 5.75 Å². The fourth-order valence-corrected chi connectivity index (χ4v) is 5.97. The lowest BCUT2D eigenvalue weighted by molar-refractivity contribution is 0.415. The number of rotatable bonds is 5. The minimum absolute atomic E-state index is 0.516. The highest BCUT2D eigenvalue weighted by atomic mass is 32.1. The molecule has 1 N–H and O–H groups in total. The lowest BCUT2D eigenvalue weighted by Gasteiger charge is -2.20. The maximum Gasteiger partial charge on any atom is 0.198 e. The molecule has 1 saturated heterocycles. The van der Waals surface area contributed by atoms with E-state index in [2.05, 4.69) is 33.7 Å². The van der Waals surface area contributed by atoms with Crippen molar-refractivity contribution < 1.29 is 4.74 Å². The Morgan fingerprint density at radius 3 is 2.50 bits per heavy atom. The van der Waals surface area contributed by atoms with Crippen LogP contribution in [-0.4, -0.2) is 35.2 Å². The van der Waals surface area contributed by atoms with Gasteiger partial charge in [-0.05, 0) is 69.0 Å². The first-order chi connectivity index (χ1) is 14.8. The van der Waals surface area contributed by atoms with Gasteiger partial charge in [-0.25, -0.2) is 15.0 Å². The first-order valence-corrected chi connectivity index (χ1v) is 11.7. The van der Waals surface area contributed by atoms with Crippen molar-refractivity contribution in [3.63, 3.8) is 0 Å². The van der Waals surface area contributed by atoms with Gasteiger partial charge in [-0.2, -0.15) is 0 Å². The van der Waals surface area contributed by atoms with Gasteiger partial charge in [0.25, 0.3) is 0 Å². The Morgan fingerprint density at radius 2 is 1.77 bits per heavy atom. The van der Waals surface area contributed by atoms with E-state index in [1.807, 2.05) is 29.7 Å². The smallest absolute Gasteiger partial charge is 0.198 e. The van der Waals surface area contributed by atoms with Crippen LogP contribution in [0.15, 0.2) is 30.5 Å². The van der Waals surface area contributed by atoms with E-state index in [4.69, 9.17) is 9.72 Å². The molecular formula is C24H27N4OS. The van der Waals surface area contributed by atoms with Gasteiger partial charge in [0.05, 0.1) is 28.4 Å². The lowest BCUT2D eigenvalue weighted by atomic mass is 9.96. The van der Waals surface area contributed by atoms with Crippen molar-refractivity contribution in [2.45, 2.75) is 50.4 Å². The van der Waals surface area contributed by atoms with Crippen molar-refractivity contribution >= 4 is 11.3 Å². The van der Waals surface area contributed by atoms with Crippen LogP contribution in [0.1, 0.15) is 60.9 Å². The molecule has 2 fully saturated rings. The molecule has 1 aliphatic heterocycles. The van der Waals surface area contributed by atoms with Crippen LogP contribution in [0.3, 0.4) is 0 Å². The van der Waals surface area contributed by atoms with E-state index in [1.165, 1.54) is 36.3 Å². The highest BCUT2D eigenvalue weighted by Crippen LogP contribution is 2.45. The van der Waals surface area contributed by atoms with E-state index in [-0.39, 0.29) is 0 Å². The van der Waals surface area contributed by atoms with Crippen LogP contribution in [0.2, 0.25) is 0 Å². The molecule has 2 aliphatic rings. The Kier molecular flexibility index (Phi) is 5.77. The molecule has 1 aromatic carbocycles. The molecule has 5 nitrogen and oxygen atoms in total. The zero-order valence-electron chi connectivity index (χ0n) is 17.4. The summed E-state index contributed by atoms with van der Waals surface area (Å²) in [7, 11) is 1.70. The molecule has 0 unspecified atom stereocenters. The van der Waals surface area contributed by atoms with Crippen LogP contribution in [0.25, 0.3) is 21.8 Å². The molecule has 6 heteroatoms. The van der Waals surface area contributed by atoms with Crippen molar-refractivity contribution in [1.29, 1.82) is 0 Å². The summed E-state index contributed by atoms with van der Waals surface area (Å²) in [5, 5.41) is 4.70. The lowest BCUT2D eigenvalue weighted by Crippen LogP contribution is -2.26. The predicted molar refractivity (Wildman–Crippen MR) is 120 cm³/mol. The average Bonchev–Trinajstić information content (AvgIpc) is 3.50. The number of thiazole rings is 1.